The second-order valence-corrected chi connectivity index (χ2v) is 3.01. The molecule has 0 bridgehead atoms. The van der Waals surface area contributed by atoms with Crippen LogP contribution in [0.4, 0.5) is 4.39 Å². The summed E-state index contributed by atoms with van der Waals surface area (Å²) in [5.74, 6) is -0.544. The summed E-state index contributed by atoms with van der Waals surface area (Å²) in [5.41, 5.74) is 3.90. The Labute approximate surface area is 71.9 Å². The Kier molecular flexibility index (Phi) is 3.67. The van der Waals surface area contributed by atoms with Crippen molar-refractivity contribution in [2.75, 3.05) is 0 Å². The molecule has 0 heterocycles. The monoisotopic (exact) mass is 171 g/mol. The number of carbonyl (C=O) groups excluding carboxylic acids is 1. The van der Waals surface area contributed by atoms with Crippen LogP contribution in [0.3, 0.4) is 0 Å². The molecule has 0 fully saturated rings. The number of halogens is 1. The first kappa shape index (κ1) is 10.9. The molecule has 0 saturated heterocycles. The van der Waals surface area contributed by atoms with E-state index >= 15 is 0 Å². The molecule has 0 aromatic heterocycles. The number of hydrogen-bond donors (Lipinski definition) is 1. The van der Waals surface area contributed by atoms with Gasteiger partial charge in [0.15, 0.2) is 0 Å². The van der Waals surface area contributed by atoms with E-state index in [1.807, 2.05) is 0 Å². The minimum absolute atomic E-state index is 0.320. The highest BCUT2D eigenvalue weighted by molar-refractivity contribution is 5.94. The topological polar surface area (TPSA) is 43.1 Å². The lowest BCUT2D eigenvalue weighted by Gasteiger charge is -2.06. The molecule has 1 amide bonds. The van der Waals surface area contributed by atoms with Crippen molar-refractivity contribution in [2.24, 2.45) is 5.73 Å². The van der Waals surface area contributed by atoms with Gasteiger partial charge in [-0.15, -0.1) is 0 Å². The molecule has 3 heteroatoms. The molecule has 2 nitrogen and oxygen atoms in total. The van der Waals surface area contributed by atoms with E-state index < -0.39 is 11.6 Å². The quantitative estimate of drug-likeness (QED) is 0.510. The van der Waals surface area contributed by atoms with E-state index in [-0.39, 0.29) is 0 Å². The highest BCUT2D eigenvalue weighted by Crippen LogP contribution is 2.11. The third-order valence-electron chi connectivity index (χ3n) is 1.25. The molecule has 0 atom stereocenters. The summed E-state index contributed by atoms with van der Waals surface area (Å²) in [4.78, 5) is 10.6. The van der Waals surface area contributed by atoms with Gasteiger partial charge in [0.2, 0.25) is 5.91 Å². The van der Waals surface area contributed by atoms with Gasteiger partial charge < -0.3 is 5.73 Å². The van der Waals surface area contributed by atoms with Crippen LogP contribution in [0.1, 0.15) is 20.8 Å². The Morgan fingerprint density at radius 3 is 2.25 bits per heavy atom. The maximum absolute atomic E-state index is 12.9. The smallest absolute Gasteiger partial charge is 0.248 e. The molecule has 0 unspecified atom stereocenters. The normalized spacial score (nSPS) is 13.8. The molecule has 0 rings (SSSR count). The van der Waals surface area contributed by atoms with E-state index in [2.05, 4.69) is 0 Å². The lowest BCUT2D eigenvalue weighted by Crippen LogP contribution is -2.13. The van der Waals surface area contributed by atoms with Gasteiger partial charge in [0.05, 0.1) is 0 Å². The van der Waals surface area contributed by atoms with Gasteiger partial charge in [0.25, 0.3) is 0 Å². The number of nitrogens with two attached hydrogens (primary N) is 1. The van der Waals surface area contributed by atoms with Gasteiger partial charge in [-0.2, -0.15) is 0 Å². The summed E-state index contributed by atoms with van der Waals surface area (Å²) >= 11 is 0. The van der Waals surface area contributed by atoms with Crippen LogP contribution in [0.5, 0.6) is 0 Å². The predicted molar refractivity (Wildman–Crippen MR) is 47.3 cm³/mol. The molecule has 0 aromatic carbocycles. The molecule has 0 aromatic rings. The maximum atomic E-state index is 12.9. The van der Waals surface area contributed by atoms with Crippen molar-refractivity contribution in [1.29, 1.82) is 0 Å². The SMILES string of the molecule is C/C=C(\C=C/C(C)(C)F)C(N)=O. The molecule has 0 aliphatic heterocycles. The van der Waals surface area contributed by atoms with Gasteiger partial charge in [-0.05, 0) is 26.8 Å². The summed E-state index contributed by atoms with van der Waals surface area (Å²) in [6.07, 6.45) is 4.24. The molecule has 2 N–H and O–H groups in total. The Hall–Kier alpha value is -1.12. The van der Waals surface area contributed by atoms with Gasteiger partial charge in [0, 0.05) is 5.57 Å². The van der Waals surface area contributed by atoms with Crippen molar-refractivity contribution in [3.63, 3.8) is 0 Å². The number of rotatable bonds is 3. The minimum Gasteiger partial charge on any atom is -0.366 e. The lowest BCUT2D eigenvalue weighted by molar-refractivity contribution is -0.114. The molecule has 0 spiro atoms. The largest absolute Gasteiger partial charge is 0.366 e. The van der Waals surface area contributed by atoms with Gasteiger partial charge in [-0.1, -0.05) is 12.2 Å². The Bertz CT molecular complexity index is 223. The summed E-state index contributed by atoms with van der Waals surface area (Å²) in [7, 11) is 0. The fourth-order valence-electron chi connectivity index (χ4n) is 0.609. The minimum atomic E-state index is -1.41. The third kappa shape index (κ3) is 4.66. The molecule has 0 radical (unpaired) electrons. The molecular weight excluding hydrogens is 157 g/mol. The van der Waals surface area contributed by atoms with Crippen LogP contribution in [0.15, 0.2) is 23.8 Å². The van der Waals surface area contributed by atoms with Crippen molar-refractivity contribution in [2.45, 2.75) is 26.4 Å². The molecule has 0 aliphatic rings. The standard InChI is InChI=1S/C9H14FNO/c1-4-7(8(11)12)5-6-9(2,3)10/h4-6H,1-3H3,(H2,11,12)/b6-5-,7-4+. The van der Waals surface area contributed by atoms with Crippen molar-refractivity contribution in [3.05, 3.63) is 23.8 Å². The first-order valence-corrected chi connectivity index (χ1v) is 3.71. The number of hydrogen-bond acceptors (Lipinski definition) is 1. The van der Waals surface area contributed by atoms with Crippen LogP contribution in [-0.2, 0) is 4.79 Å². The van der Waals surface area contributed by atoms with Crippen LogP contribution in [0, 0.1) is 0 Å². The summed E-state index contributed by atoms with van der Waals surface area (Å²) in [5, 5.41) is 0. The van der Waals surface area contributed by atoms with E-state index in [0.29, 0.717) is 5.57 Å². The second-order valence-electron chi connectivity index (χ2n) is 3.01. The van der Waals surface area contributed by atoms with Gasteiger partial charge in [-0.3, -0.25) is 4.79 Å². The number of amides is 1. The average molecular weight is 171 g/mol. The second kappa shape index (κ2) is 4.04. The summed E-state index contributed by atoms with van der Waals surface area (Å²) in [6.45, 7) is 4.48. The van der Waals surface area contributed by atoms with E-state index in [1.165, 1.54) is 26.0 Å². The number of carbonyl (C=O) groups is 1. The van der Waals surface area contributed by atoms with Crippen LogP contribution in [0.25, 0.3) is 0 Å². The van der Waals surface area contributed by atoms with Crippen molar-refractivity contribution >= 4 is 5.91 Å². The maximum Gasteiger partial charge on any atom is 0.248 e. The number of alkyl halides is 1. The molecule has 68 valence electrons. The van der Waals surface area contributed by atoms with Gasteiger partial charge in [-0.25, -0.2) is 4.39 Å². The van der Waals surface area contributed by atoms with Crippen LogP contribution in [-0.4, -0.2) is 11.6 Å². The molecule has 0 aliphatic carbocycles. The van der Waals surface area contributed by atoms with Crippen molar-refractivity contribution in [3.8, 4) is 0 Å². The first-order valence-electron chi connectivity index (χ1n) is 3.71. The zero-order valence-electron chi connectivity index (χ0n) is 7.60. The van der Waals surface area contributed by atoms with E-state index in [1.54, 1.807) is 13.0 Å². The zero-order chi connectivity index (χ0) is 9.78. The van der Waals surface area contributed by atoms with Crippen LogP contribution < -0.4 is 5.73 Å². The highest BCUT2D eigenvalue weighted by Gasteiger charge is 2.10. The molecular formula is C9H14FNO. The van der Waals surface area contributed by atoms with Gasteiger partial charge in [0.1, 0.15) is 5.67 Å². The Morgan fingerprint density at radius 1 is 1.50 bits per heavy atom. The third-order valence-corrected chi connectivity index (χ3v) is 1.25. The van der Waals surface area contributed by atoms with Crippen molar-refractivity contribution in [1.82, 2.24) is 0 Å². The van der Waals surface area contributed by atoms with Gasteiger partial charge >= 0.3 is 0 Å². The fraction of sp³-hybridized carbons (Fsp3) is 0.444. The number of allylic oxidation sites excluding steroid dienone is 2. The highest BCUT2D eigenvalue weighted by atomic mass is 19.1. The Morgan fingerprint density at radius 2 is 2.00 bits per heavy atom. The first-order chi connectivity index (χ1) is 5.37. The summed E-state index contributed by atoms with van der Waals surface area (Å²) < 4.78 is 12.9. The number of primary amides is 1. The van der Waals surface area contributed by atoms with Crippen LogP contribution >= 0.6 is 0 Å². The zero-order valence-corrected chi connectivity index (χ0v) is 7.60. The molecule has 0 saturated carbocycles. The molecule has 12 heavy (non-hydrogen) atoms. The van der Waals surface area contributed by atoms with Crippen molar-refractivity contribution < 1.29 is 9.18 Å². The fourth-order valence-corrected chi connectivity index (χ4v) is 0.609. The average Bonchev–Trinajstić information content (AvgIpc) is 1.85. The van der Waals surface area contributed by atoms with Crippen LogP contribution in [0.2, 0.25) is 0 Å². The lowest BCUT2D eigenvalue weighted by atomic mass is 10.1. The van der Waals surface area contributed by atoms with E-state index in [9.17, 15) is 9.18 Å². The predicted octanol–water partition coefficient (Wildman–Crippen LogP) is 1.72. The Balaban J connectivity index is 4.44. The van der Waals surface area contributed by atoms with E-state index in [4.69, 9.17) is 5.73 Å². The summed E-state index contributed by atoms with van der Waals surface area (Å²) in [6, 6.07) is 0. The van der Waals surface area contributed by atoms with E-state index in [0.717, 1.165) is 0 Å².